The number of hydrogen-bond donors (Lipinski definition) is 2. The minimum atomic E-state index is -1.02. The summed E-state index contributed by atoms with van der Waals surface area (Å²) in [6.07, 6.45) is 5.72. The largest absolute Gasteiger partial charge is 0.480 e. The Morgan fingerprint density at radius 2 is 2.21 bits per heavy atom. The molecule has 19 heavy (non-hydrogen) atoms. The zero-order chi connectivity index (χ0) is 14.3. The van der Waals surface area contributed by atoms with Crippen molar-refractivity contribution in [2.45, 2.75) is 17.5 Å². The quantitative estimate of drug-likeness (QED) is 0.747. The van der Waals surface area contributed by atoms with Gasteiger partial charge in [0.25, 0.3) is 5.91 Å². The van der Waals surface area contributed by atoms with E-state index in [9.17, 15) is 9.59 Å². The van der Waals surface area contributed by atoms with Crippen LogP contribution in [0.5, 0.6) is 0 Å². The molecule has 1 amide bonds. The third-order valence-electron chi connectivity index (χ3n) is 2.42. The molecule has 7 heteroatoms. The summed E-state index contributed by atoms with van der Waals surface area (Å²) >= 11 is 2.90. The fourth-order valence-electron chi connectivity index (χ4n) is 1.46. The molecule has 0 spiro atoms. The Hall–Kier alpha value is -1.21. The average molecular weight is 300 g/mol. The summed E-state index contributed by atoms with van der Waals surface area (Å²) in [4.78, 5) is 27.2. The molecular weight excluding hydrogens is 284 g/mol. The topological polar surface area (TPSA) is 79.3 Å². The Balaban J connectivity index is 2.78. The highest BCUT2D eigenvalue weighted by atomic mass is 32.2. The second kappa shape index (κ2) is 8.06. The molecule has 0 fully saturated rings. The van der Waals surface area contributed by atoms with Crippen LogP contribution in [0.4, 0.5) is 0 Å². The van der Waals surface area contributed by atoms with Crippen LogP contribution in [0.15, 0.2) is 23.4 Å². The molecule has 104 valence electrons. The van der Waals surface area contributed by atoms with Crippen LogP contribution in [-0.2, 0) is 4.79 Å². The van der Waals surface area contributed by atoms with E-state index in [4.69, 9.17) is 5.11 Å². The number of rotatable bonds is 7. The number of amides is 1. The molecule has 1 atom stereocenters. The maximum absolute atomic E-state index is 12.1. The first kappa shape index (κ1) is 15.8. The molecule has 1 aromatic rings. The van der Waals surface area contributed by atoms with Crippen LogP contribution in [0.2, 0.25) is 0 Å². The Labute approximate surface area is 120 Å². The van der Waals surface area contributed by atoms with Gasteiger partial charge in [-0.1, -0.05) is 0 Å². The zero-order valence-corrected chi connectivity index (χ0v) is 12.4. The summed E-state index contributed by atoms with van der Waals surface area (Å²) in [6.45, 7) is 0. The molecule has 5 nitrogen and oxygen atoms in total. The molecule has 2 N–H and O–H groups in total. The van der Waals surface area contributed by atoms with Crippen molar-refractivity contribution < 1.29 is 14.7 Å². The predicted molar refractivity (Wildman–Crippen MR) is 77.9 cm³/mol. The fourth-order valence-corrected chi connectivity index (χ4v) is 2.47. The van der Waals surface area contributed by atoms with Gasteiger partial charge < -0.3 is 10.4 Å². The van der Waals surface area contributed by atoms with Crippen molar-refractivity contribution in [2.75, 3.05) is 18.3 Å². The minimum absolute atomic E-state index is 0.397. The normalized spacial score (nSPS) is 11.9. The van der Waals surface area contributed by atoms with Gasteiger partial charge in [-0.15, -0.1) is 11.8 Å². The molecule has 0 aliphatic heterocycles. The standard InChI is InChI=1S/C12H16N2O3S2/c1-18-7-5-9(12(16)17)14-10(15)8-4-3-6-13-11(8)19-2/h3-4,6,9H,5,7H2,1-2H3,(H,14,15)(H,16,17). The van der Waals surface area contributed by atoms with Crippen molar-refractivity contribution in [1.82, 2.24) is 10.3 Å². The van der Waals surface area contributed by atoms with Crippen molar-refractivity contribution in [1.29, 1.82) is 0 Å². The summed E-state index contributed by atoms with van der Waals surface area (Å²) in [5, 5.41) is 12.2. The number of nitrogens with one attached hydrogen (secondary N) is 1. The number of aromatic nitrogens is 1. The number of aliphatic carboxylic acids is 1. The van der Waals surface area contributed by atoms with Gasteiger partial charge >= 0.3 is 5.97 Å². The first-order chi connectivity index (χ1) is 9.10. The van der Waals surface area contributed by atoms with E-state index in [0.29, 0.717) is 22.8 Å². The summed E-state index contributed by atoms with van der Waals surface area (Å²) in [5.41, 5.74) is 0.408. The third kappa shape index (κ3) is 4.76. The Kier molecular flexibility index (Phi) is 6.72. The number of carboxylic acid groups (broad SMARTS) is 1. The molecule has 0 radical (unpaired) electrons. The molecule has 0 saturated carbocycles. The molecule has 0 aromatic carbocycles. The van der Waals surface area contributed by atoms with Crippen LogP contribution in [0.1, 0.15) is 16.8 Å². The molecule has 1 unspecified atom stereocenters. The second-order valence-electron chi connectivity index (χ2n) is 3.71. The van der Waals surface area contributed by atoms with Crippen molar-refractivity contribution in [3.8, 4) is 0 Å². The van der Waals surface area contributed by atoms with Crippen LogP contribution in [0.25, 0.3) is 0 Å². The lowest BCUT2D eigenvalue weighted by Crippen LogP contribution is -2.41. The van der Waals surface area contributed by atoms with Gasteiger partial charge in [0, 0.05) is 6.20 Å². The highest BCUT2D eigenvalue weighted by molar-refractivity contribution is 7.98. The van der Waals surface area contributed by atoms with Crippen LogP contribution < -0.4 is 5.32 Å². The smallest absolute Gasteiger partial charge is 0.326 e. The number of carbonyl (C=O) groups excluding carboxylic acids is 1. The first-order valence-electron chi connectivity index (χ1n) is 5.61. The molecule has 0 aliphatic rings. The van der Waals surface area contributed by atoms with Gasteiger partial charge in [0.1, 0.15) is 11.1 Å². The summed E-state index contributed by atoms with van der Waals surface area (Å²) < 4.78 is 0. The van der Waals surface area contributed by atoms with Gasteiger partial charge in [0.2, 0.25) is 0 Å². The van der Waals surface area contributed by atoms with Gasteiger partial charge in [0.05, 0.1) is 5.56 Å². The number of hydrogen-bond acceptors (Lipinski definition) is 5. The predicted octanol–water partition coefficient (Wildman–Crippen LogP) is 1.74. The van der Waals surface area contributed by atoms with Crippen LogP contribution in [0.3, 0.4) is 0 Å². The van der Waals surface area contributed by atoms with Crippen LogP contribution in [-0.4, -0.2) is 46.3 Å². The summed E-state index contributed by atoms with van der Waals surface area (Å²) in [6, 6.07) is 2.43. The van der Waals surface area contributed by atoms with E-state index in [1.54, 1.807) is 30.1 Å². The van der Waals surface area contributed by atoms with Crippen LogP contribution >= 0.6 is 23.5 Å². The minimum Gasteiger partial charge on any atom is -0.480 e. The molecule has 1 rings (SSSR count). The third-order valence-corrected chi connectivity index (χ3v) is 3.78. The van der Waals surface area contributed by atoms with Gasteiger partial charge in [-0.25, -0.2) is 9.78 Å². The monoisotopic (exact) mass is 300 g/mol. The highest BCUT2D eigenvalue weighted by Gasteiger charge is 2.21. The van der Waals surface area contributed by atoms with Crippen molar-refractivity contribution >= 4 is 35.4 Å². The lowest BCUT2D eigenvalue weighted by atomic mass is 10.2. The zero-order valence-electron chi connectivity index (χ0n) is 10.8. The van der Waals surface area contributed by atoms with E-state index < -0.39 is 17.9 Å². The van der Waals surface area contributed by atoms with E-state index in [1.165, 1.54) is 11.8 Å². The van der Waals surface area contributed by atoms with Gasteiger partial charge in [0.15, 0.2) is 0 Å². The summed E-state index contributed by atoms with van der Waals surface area (Å²) in [5.74, 6) is -0.734. The number of carbonyl (C=O) groups is 2. The van der Waals surface area contributed by atoms with Crippen molar-refractivity contribution in [2.24, 2.45) is 0 Å². The maximum atomic E-state index is 12.1. The summed E-state index contributed by atoms with van der Waals surface area (Å²) in [7, 11) is 0. The van der Waals surface area contributed by atoms with Crippen molar-refractivity contribution in [3.05, 3.63) is 23.9 Å². The van der Waals surface area contributed by atoms with E-state index in [0.717, 1.165) is 0 Å². The molecule has 0 saturated heterocycles. The fraction of sp³-hybridized carbons (Fsp3) is 0.417. The molecule has 0 aliphatic carbocycles. The second-order valence-corrected chi connectivity index (χ2v) is 5.49. The first-order valence-corrected chi connectivity index (χ1v) is 8.23. The van der Waals surface area contributed by atoms with Gasteiger partial charge in [-0.3, -0.25) is 4.79 Å². The Morgan fingerprint density at radius 3 is 2.79 bits per heavy atom. The van der Waals surface area contributed by atoms with Crippen LogP contribution in [0, 0.1) is 0 Å². The Morgan fingerprint density at radius 1 is 1.47 bits per heavy atom. The molecule has 1 heterocycles. The maximum Gasteiger partial charge on any atom is 0.326 e. The molecular formula is C12H16N2O3S2. The van der Waals surface area contributed by atoms with E-state index in [-0.39, 0.29) is 0 Å². The van der Waals surface area contributed by atoms with E-state index in [2.05, 4.69) is 10.3 Å². The lowest BCUT2D eigenvalue weighted by molar-refractivity contribution is -0.139. The average Bonchev–Trinajstić information content (AvgIpc) is 2.42. The molecule has 0 bridgehead atoms. The number of carboxylic acids is 1. The van der Waals surface area contributed by atoms with Crippen molar-refractivity contribution in [3.63, 3.8) is 0 Å². The SMILES string of the molecule is CSCCC(NC(=O)c1cccnc1SC)C(=O)O. The Bertz CT molecular complexity index is 454. The van der Waals surface area contributed by atoms with E-state index >= 15 is 0 Å². The number of nitrogens with zero attached hydrogens (tertiary/aromatic N) is 1. The van der Waals surface area contributed by atoms with Gasteiger partial charge in [-0.2, -0.15) is 11.8 Å². The number of pyridine rings is 1. The lowest BCUT2D eigenvalue weighted by Gasteiger charge is -2.14. The molecule has 1 aromatic heterocycles. The van der Waals surface area contributed by atoms with E-state index in [1.807, 2.05) is 12.5 Å². The van der Waals surface area contributed by atoms with Gasteiger partial charge in [-0.05, 0) is 36.8 Å². The number of thioether (sulfide) groups is 2. The highest BCUT2D eigenvalue weighted by Crippen LogP contribution is 2.16.